The molecule has 1 amide bonds. The molecular formula is C34H52N2O6. The molecule has 0 spiro atoms. The molecule has 8 heteroatoms. The Labute approximate surface area is 252 Å². The third kappa shape index (κ3) is 11.3. The number of hydrogen-bond acceptors (Lipinski definition) is 7. The molecule has 0 saturated heterocycles. The van der Waals surface area contributed by atoms with Gasteiger partial charge in [-0.25, -0.2) is 0 Å². The Balaban J connectivity index is 0.00000616. The Morgan fingerprint density at radius 3 is 2.19 bits per heavy atom. The maximum absolute atomic E-state index is 13.0. The molecule has 0 radical (unpaired) electrons. The van der Waals surface area contributed by atoms with Crippen LogP contribution in [-0.2, 0) is 4.79 Å². The minimum absolute atomic E-state index is 0. The second-order valence-electron chi connectivity index (χ2n) is 10.7. The van der Waals surface area contributed by atoms with E-state index in [0.29, 0.717) is 61.6 Å². The summed E-state index contributed by atoms with van der Waals surface area (Å²) in [5.41, 5.74) is 1.37. The fraction of sp³-hybridized carbons (Fsp3) is 0.588. The highest BCUT2D eigenvalue weighted by Gasteiger charge is 2.26. The predicted molar refractivity (Wildman–Crippen MR) is 168 cm³/mol. The first-order valence-corrected chi connectivity index (χ1v) is 15.2. The monoisotopic (exact) mass is 584 g/mol. The molecule has 1 aliphatic rings. The SMILES string of the molecule is C.CCCCN(CCCC)C[C@@H](NC(=O)CCCCCC(=O)c1ccc(OC)cc1)C(O)c1ccc2c(c1)OCCO2. The largest absolute Gasteiger partial charge is 0.497 e. The van der Waals surface area contributed by atoms with Crippen molar-refractivity contribution >= 4 is 11.7 Å². The van der Waals surface area contributed by atoms with E-state index in [0.717, 1.165) is 57.4 Å². The van der Waals surface area contributed by atoms with Crippen molar-refractivity contribution in [3.8, 4) is 17.2 Å². The molecule has 0 fully saturated rings. The molecule has 2 N–H and O–H groups in total. The van der Waals surface area contributed by atoms with Crippen molar-refractivity contribution in [2.45, 2.75) is 91.2 Å². The molecule has 1 heterocycles. The van der Waals surface area contributed by atoms with Crippen molar-refractivity contribution < 1.29 is 28.9 Å². The number of hydrogen-bond donors (Lipinski definition) is 2. The number of nitrogens with zero attached hydrogens (tertiary/aromatic N) is 1. The van der Waals surface area contributed by atoms with E-state index in [2.05, 4.69) is 24.1 Å². The minimum Gasteiger partial charge on any atom is -0.497 e. The number of aliphatic hydroxyl groups is 1. The average Bonchev–Trinajstić information content (AvgIpc) is 3.01. The molecule has 2 atom stereocenters. The number of carbonyl (C=O) groups excluding carboxylic acids is 2. The zero-order valence-corrected chi connectivity index (χ0v) is 25.0. The number of unbranched alkanes of at least 4 members (excludes halogenated alkanes) is 4. The zero-order chi connectivity index (χ0) is 29.5. The summed E-state index contributed by atoms with van der Waals surface area (Å²) in [4.78, 5) is 27.9. The Morgan fingerprint density at radius 1 is 0.905 bits per heavy atom. The van der Waals surface area contributed by atoms with Crippen LogP contribution in [0.2, 0.25) is 0 Å². The highest BCUT2D eigenvalue weighted by molar-refractivity contribution is 5.96. The highest BCUT2D eigenvalue weighted by Crippen LogP contribution is 2.33. The van der Waals surface area contributed by atoms with E-state index >= 15 is 0 Å². The Hall–Kier alpha value is -3.10. The number of ether oxygens (including phenoxy) is 3. The van der Waals surface area contributed by atoms with Crippen LogP contribution in [0.1, 0.15) is 101 Å². The summed E-state index contributed by atoms with van der Waals surface area (Å²) in [5.74, 6) is 2.03. The third-order valence-electron chi connectivity index (χ3n) is 7.47. The zero-order valence-electron chi connectivity index (χ0n) is 25.0. The molecule has 0 saturated carbocycles. The Morgan fingerprint density at radius 2 is 1.55 bits per heavy atom. The number of carbonyl (C=O) groups is 2. The van der Waals surface area contributed by atoms with Crippen LogP contribution < -0.4 is 19.5 Å². The quantitative estimate of drug-likeness (QED) is 0.147. The normalized spacial score (nSPS) is 13.6. The van der Waals surface area contributed by atoms with Crippen molar-refractivity contribution in [3.63, 3.8) is 0 Å². The number of Topliss-reactive ketones (excluding diaryl/α,β-unsaturated/α-hetero) is 1. The van der Waals surface area contributed by atoms with E-state index in [1.165, 1.54) is 0 Å². The van der Waals surface area contributed by atoms with Crippen LogP contribution in [0.4, 0.5) is 0 Å². The molecule has 0 aromatic heterocycles. The van der Waals surface area contributed by atoms with Gasteiger partial charge in [0.05, 0.1) is 13.2 Å². The van der Waals surface area contributed by atoms with Crippen molar-refractivity contribution in [2.75, 3.05) is 40.0 Å². The highest BCUT2D eigenvalue weighted by atomic mass is 16.6. The number of aliphatic hydroxyl groups excluding tert-OH is 1. The smallest absolute Gasteiger partial charge is 0.220 e. The van der Waals surface area contributed by atoms with Crippen molar-refractivity contribution in [2.24, 2.45) is 0 Å². The van der Waals surface area contributed by atoms with Gasteiger partial charge in [-0.3, -0.25) is 9.59 Å². The second kappa shape index (κ2) is 19.2. The molecule has 2 aromatic rings. The number of rotatable bonds is 19. The van der Waals surface area contributed by atoms with Crippen molar-refractivity contribution in [1.29, 1.82) is 0 Å². The molecule has 8 nitrogen and oxygen atoms in total. The van der Waals surface area contributed by atoms with Gasteiger partial charge in [0, 0.05) is 24.9 Å². The average molecular weight is 585 g/mol. The van der Waals surface area contributed by atoms with E-state index < -0.39 is 12.1 Å². The first kappa shape index (κ1) is 35.1. The summed E-state index contributed by atoms with van der Waals surface area (Å²) in [6.45, 7) is 7.75. The van der Waals surface area contributed by atoms with Gasteiger partial charge in [-0.1, -0.05) is 46.6 Å². The van der Waals surface area contributed by atoms with Gasteiger partial charge in [0.1, 0.15) is 25.1 Å². The van der Waals surface area contributed by atoms with E-state index in [1.54, 1.807) is 31.4 Å². The maximum Gasteiger partial charge on any atom is 0.220 e. The van der Waals surface area contributed by atoms with Crippen LogP contribution >= 0.6 is 0 Å². The first-order chi connectivity index (χ1) is 19.9. The summed E-state index contributed by atoms with van der Waals surface area (Å²) < 4.78 is 16.5. The number of nitrogens with one attached hydrogen (secondary N) is 1. The Kier molecular flexibility index (Phi) is 16.0. The molecular weight excluding hydrogens is 532 g/mol. The standard InChI is InChI=1S/C33H48N2O6.CH4/c1-4-6-19-35(20-7-5-2)24-28(33(38)26-15-18-30-31(23-26)41-22-21-40-30)34-32(37)12-10-8-9-11-29(36)25-13-16-27(39-3)17-14-25;/h13-18,23,28,33,38H,4-12,19-22,24H2,1-3H3,(H,34,37);1H4/t28-,33?;/m1./s1. The van der Waals surface area contributed by atoms with Gasteiger partial charge in [0.2, 0.25) is 5.91 Å². The van der Waals surface area contributed by atoms with Crippen LogP contribution in [0.3, 0.4) is 0 Å². The van der Waals surface area contributed by atoms with Gasteiger partial charge in [-0.15, -0.1) is 0 Å². The van der Waals surface area contributed by atoms with Gasteiger partial charge >= 0.3 is 0 Å². The van der Waals surface area contributed by atoms with Crippen molar-refractivity contribution in [3.05, 3.63) is 53.6 Å². The molecule has 42 heavy (non-hydrogen) atoms. The maximum atomic E-state index is 13.0. The number of methoxy groups -OCH3 is 1. The Bertz CT molecular complexity index is 1070. The van der Waals surface area contributed by atoms with E-state index in [-0.39, 0.29) is 19.1 Å². The van der Waals surface area contributed by atoms with E-state index in [4.69, 9.17) is 14.2 Å². The molecule has 2 aromatic carbocycles. The third-order valence-corrected chi connectivity index (χ3v) is 7.47. The van der Waals surface area contributed by atoms with Crippen LogP contribution in [0.15, 0.2) is 42.5 Å². The lowest BCUT2D eigenvalue weighted by atomic mass is 10.00. The fourth-order valence-corrected chi connectivity index (χ4v) is 4.98. The van der Waals surface area contributed by atoms with Crippen LogP contribution in [0.25, 0.3) is 0 Å². The van der Waals surface area contributed by atoms with Gasteiger partial charge in [0.15, 0.2) is 17.3 Å². The molecule has 234 valence electrons. The van der Waals surface area contributed by atoms with Crippen LogP contribution in [0.5, 0.6) is 17.2 Å². The summed E-state index contributed by atoms with van der Waals surface area (Å²) >= 11 is 0. The second-order valence-corrected chi connectivity index (χ2v) is 10.7. The topological polar surface area (TPSA) is 97.3 Å². The lowest BCUT2D eigenvalue weighted by Gasteiger charge is -2.31. The molecule has 1 aliphatic heterocycles. The summed E-state index contributed by atoms with van der Waals surface area (Å²) in [6.07, 6.45) is 6.42. The number of amides is 1. The first-order valence-electron chi connectivity index (χ1n) is 15.2. The summed E-state index contributed by atoms with van der Waals surface area (Å²) in [6, 6.07) is 12.2. The van der Waals surface area contributed by atoms with Gasteiger partial charge < -0.3 is 29.5 Å². The van der Waals surface area contributed by atoms with Crippen molar-refractivity contribution in [1.82, 2.24) is 10.2 Å². The predicted octanol–water partition coefficient (Wildman–Crippen LogP) is 6.36. The van der Waals surface area contributed by atoms with Gasteiger partial charge in [0.25, 0.3) is 0 Å². The van der Waals surface area contributed by atoms with E-state index in [1.807, 2.05) is 18.2 Å². The molecule has 1 unspecified atom stereocenters. The van der Waals surface area contributed by atoms with Crippen LogP contribution in [0, 0.1) is 0 Å². The fourth-order valence-electron chi connectivity index (χ4n) is 4.98. The molecule has 3 rings (SSSR count). The lowest BCUT2D eigenvalue weighted by Crippen LogP contribution is -2.47. The van der Waals surface area contributed by atoms with Gasteiger partial charge in [-0.2, -0.15) is 0 Å². The van der Waals surface area contributed by atoms with E-state index in [9.17, 15) is 14.7 Å². The van der Waals surface area contributed by atoms with Crippen LogP contribution in [-0.4, -0.2) is 67.7 Å². The van der Waals surface area contributed by atoms with Gasteiger partial charge in [-0.05, 0) is 80.7 Å². The number of ketones is 1. The lowest BCUT2D eigenvalue weighted by molar-refractivity contribution is -0.123. The molecule has 0 aliphatic carbocycles. The summed E-state index contributed by atoms with van der Waals surface area (Å²) in [5, 5.41) is 14.6. The molecule has 0 bridgehead atoms. The minimum atomic E-state index is -0.886. The summed E-state index contributed by atoms with van der Waals surface area (Å²) in [7, 11) is 1.60. The number of fused-ring (bicyclic) bond motifs is 1. The number of benzene rings is 2.